The molecule has 1 aliphatic heterocycles. The predicted molar refractivity (Wildman–Crippen MR) is 84.6 cm³/mol. The van der Waals surface area contributed by atoms with Crippen LogP contribution in [0.2, 0.25) is 0 Å². The van der Waals surface area contributed by atoms with Gasteiger partial charge in [-0.2, -0.15) is 0 Å². The van der Waals surface area contributed by atoms with Crippen molar-refractivity contribution >= 4 is 16.7 Å². The van der Waals surface area contributed by atoms with E-state index >= 15 is 0 Å². The SMILES string of the molecule is O=C(c1cc2ccccc2cc1O)N1CCCCCCC1. The number of amides is 1. The highest BCUT2D eigenvalue weighted by Gasteiger charge is 2.20. The summed E-state index contributed by atoms with van der Waals surface area (Å²) in [6.45, 7) is 1.59. The molecule has 3 nitrogen and oxygen atoms in total. The standard InChI is InChI=1S/C18H21NO2/c20-17-13-15-9-5-4-8-14(15)12-16(17)18(21)19-10-6-2-1-3-7-11-19/h4-5,8-9,12-13,20H,1-3,6-7,10-11H2. The Kier molecular flexibility index (Phi) is 4.09. The van der Waals surface area contributed by atoms with Crippen molar-refractivity contribution in [2.75, 3.05) is 13.1 Å². The summed E-state index contributed by atoms with van der Waals surface area (Å²) in [4.78, 5) is 14.6. The second-order valence-corrected chi connectivity index (χ2v) is 5.78. The number of carbonyl (C=O) groups is 1. The third-order valence-electron chi connectivity index (χ3n) is 4.24. The van der Waals surface area contributed by atoms with Crippen LogP contribution in [0.1, 0.15) is 42.5 Å². The van der Waals surface area contributed by atoms with Gasteiger partial charge in [0.15, 0.2) is 0 Å². The molecule has 3 heteroatoms. The van der Waals surface area contributed by atoms with E-state index in [4.69, 9.17) is 0 Å². The van der Waals surface area contributed by atoms with Crippen LogP contribution in [0.25, 0.3) is 10.8 Å². The molecule has 2 aromatic rings. The molecular formula is C18H21NO2. The van der Waals surface area contributed by atoms with Crippen LogP contribution >= 0.6 is 0 Å². The van der Waals surface area contributed by atoms with Gasteiger partial charge >= 0.3 is 0 Å². The monoisotopic (exact) mass is 283 g/mol. The maximum atomic E-state index is 12.7. The van der Waals surface area contributed by atoms with Gasteiger partial charge in [0, 0.05) is 13.1 Å². The molecule has 1 aliphatic rings. The number of phenolic OH excluding ortho intramolecular Hbond substituents is 1. The molecule has 0 radical (unpaired) electrons. The molecule has 0 aliphatic carbocycles. The zero-order valence-corrected chi connectivity index (χ0v) is 12.2. The topological polar surface area (TPSA) is 40.5 Å². The molecule has 3 rings (SSSR count). The quantitative estimate of drug-likeness (QED) is 0.860. The van der Waals surface area contributed by atoms with Crippen LogP contribution in [0, 0.1) is 0 Å². The summed E-state index contributed by atoms with van der Waals surface area (Å²) in [5, 5.41) is 12.1. The zero-order chi connectivity index (χ0) is 14.7. The van der Waals surface area contributed by atoms with Crippen LogP contribution < -0.4 is 0 Å². The fraction of sp³-hybridized carbons (Fsp3) is 0.389. The third-order valence-corrected chi connectivity index (χ3v) is 4.24. The Morgan fingerprint density at radius 3 is 2.14 bits per heavy atom. The van der Waals surface area contributed by atoms with E-state index in [1.165, 1.54) is 19.3 Å². The molecule has 0 unspecified atom stereocenters. The highest BCUT2D eigenvalue weighted by Crippen LogP contribution is 2.26. The Bertz CT molecular complexity index is 643. The fourth-order valence-electron chi connectivity index (χ4n) is 3.02. The molecule has 0 spiro atoms. The van der Waals surface area contributed by atoms with Crippen LogP contribution in [-0.2, 0) is 0 Å². The van der Waals surface area contributed by atoms with E-state index in [2.05, 4.69) is 0 Å². The van der Waals surface area contributed by atoms with E-state index < -0.39 is 0 Å². The maximum Gasteiger partial charge on any atom is 0.257 e. The summed E-state index contributed by atoms with van der Waals surface area (Å²) in [6.07, 6.45) is 5.75. The van der Waals surface area contributed by atoms with E-state index in [-0.39, 0.29) is 11.7 Å². The van der Waals surface area contributed by atoms with E-state index in [0.29, 0.717) is 5.56 Å². The normalized spacial score (nSPS) is 16.5. The number of nitrogens with zero attached hydrogens (tertiary/aromatic N) is 1. The second-order valence-electron chi connectivity index (χ2n) is 5.78. The maximum absolute atomic E-state index is 12.7. The molecule has 1 saturated heterocycles. The van der Waals surface area contributed by atoms with E-state index in [1.54, 1.807) is 6.07 Å². The number of aromatic hydroxyl groups is 1. The molecule has 21 heavy (non-hydrogen) atoms. The van der Waals surface area contributed by atoms with Crippen molar-refractivity contribution < 1.29 is 9.90 Å². The van der Waals surface area contributed by atoms with Crippen molar-refractivity contribution in [3.05, 3.63) is 42.0 Å². The van der Waals surface area contributed by atoms with Crippen molar-refractivity contribution in [1.82, 2.24) is 4.90 Å². The first-order valence-electron chi connectivity index (χ1n) is 7.77. The molecule has 1 fully saturated rings. The molecule has 2 aromatic carbocycles. The lowest BCUT2D eigenvalue weighted by molar-refractivity contribution is 0.0739. The van der Waals surface area contributed by atoms with Gasteiger partial charge in [0.2, 0.25) is 0 Å². The van der Waals surface area contributed by atoms with Gasteiger partial charge in [-0.15, -0.1) is 0 Å². The lowest BCUT2D eigenvalue weighted by atomic mass is 10.0. The van der Waals surface area contributed by atoms with Crippen molar-refractivity contribution in [2.24, 2.45) is 0 Å². The minimum absolute atomic E-state index is 0.0415. The summed E-state index contributed by atoms with van der Waals surface area (Å²) in [5.41, 5.74) is 0.425. The predicted octanol–water partition coefficient (Wildman–Crippen LogP) is 3.95. The number of hydrogen-bond donors (Lipinski definition) is 1. The second kappa shape index (κ2) is 6.17. The van der Waals surface area contributed by atoms with Gasteiger partial charge in [-0.05, 0) is 35.7 Å². The summed E-state index contributed by atoms with van der Waals surface area (Å²) < 4.78 is 0. The number of carbonyl (C=O) groups excluding carboxylic acids is 1. The van der Waals surface area contributed by atoms with Crippen molar-refractivity contribution in [1.29, 1.82) is 0 Å². The highest BCUT2D eigenvalue weighted by atomic mass is 16.3. The van der Waals surface area contributed by atoms with Gasteiger partial charge in [-0.1, -0.05) is 43.5 Å². The van der Waals surface area contributed by atoms with Gasteiger partial charge < -0.3 is 10.0 Å². The van der Waals surface area contributed by atoms with Crippen LogP contribution in [0.15, 0.2) is 36.4 Å². The number of hydrogen-bond acceptors (Lipinski definition) is 2. The molecule has 1 amide bonds. The lowest BCUT2D eigenvalue weighted by Gasteiger charge is -2.25. The molecule has 0 atom stereocenters. The molecule has 1 heterocycles. The van der Waals surface area contributed by atoms with E-state index in [0.717, 1.165) is 36.7 Å². The van der Waals surface area contributed by atoms with Gasteiger partial charge in [-0.25, -0.2) is 0 Å². The lowest BCUT2D eigenvalue weighted by Crippen LogP contribution is -2.33. The average Bonchev–Trinajstić information content (AvgIpc) is 2.45. The summed E-state index contributed by atoms with van der Waals surface area (Å²) in [6, 6.07) is 11.3. The Labute approximate surface area is 125 Å². The average molecular weight is 283 g/mol. The van der Waals surface area contributed by atoms with Gasteiger partial charge in [0.1, 0.15) is 5.75 Å². The molecule has 0 bridgehead atoms. The summed E-state index contributed by atoms with van der Waals surface area (Å²) >= 11 is 0. The van der Waals surface area contributed by atoms with Crippen molar-refractivity contribution in [3.8, 4) is 5.75 Å². The highest BCUT2D eigenvalue weighted by molar-refractivity contribution is 6.01. The van der Waals surface area contributed by atoms with E-state index in [1.807, 2.05) is 35.2 Å². The largest absolute Gasteiger partial charge is 0.507 e. The fourth-order valence-corrected chi connectivity index (χ4v) is 3.02. The van der Waals surface area contributed by atoms with Crippen LogP contribution in [0.4, 0.5) is 0 Å². The summed E-state index contributed by atoms with van der Waals surface area (Å²) in [5.74, 6) is 0.0425. The number of rotatable bonds is 1. The minimum Gasteiger partial charge on any atom is -0.507 e. The smallest absolute Gasteiger partial charge is 0.257 e. The first kappa shape index (κ1) is 13.9. The third kappa shape index (κ3) is 3.02. The van der Waals surface area contributed by atoms with Gasteiger partial charge in [0.25, 0.3) is 5.91 Å². The minimum atomic E-state index is -0.0415. The van der Waals surface area contributed by atoms with Crippen LogP contribution in [0.5, 0.6) is 5.75 Å². The first-order chi connectivity index (χ1) is 10.3. The molecule has 0 saturated carbocycles. The number of likely N-dealkylation sites (tertiary alicyclic amines) is 1. The zero-order valence-electron chi connectivity index (χ0n) is 12.2. The van der Waals surface area contributed by atoms with Crippen LogP contribution in [-0.4, -0.2) is 29.0 Å². The molecule has 110 valence electrons. The number of fused-ring (bicyclic) bond motifs is 1. The van der Waals surface area contributed by atoms with Gasteiger partial charge in [0.05, 0.1) is 5.56 Å². The number of benzene rings is 2. The molecule has 1 N–H and O–H groups in total. The van der Waals surface area contributed by atoms with Crippen molar-refractivity contribution in [3.63, 3.8) is 0 Å². The Morgan fingerprint density at radius 2 is 1.48 bits per heavy atom. The van der Waals surface area contributed by atoms with E-state index in [9.17, 15) is 9.90 Å². The van der Waals surface area contributed by atoms with Gasteiger partial charge in [-0.3, -0.25) is 4.79 Å². The molecule has 0 aromatic heterocycles. The summed E-state index contributed by atoms with van der Waals surface area (Å²) in [7, 11) is 0. The van der Waals surface area contributed by atoms with Crippen LogP contribution in [0.3, 0.4) is 0 Å². The van der Waals surface area contributed by atoms with Crippen molar-refractivity contribution in [2.45, 2.75) is 32.1 Å². The number of phenols is 1. The Balaban J connectivity index is 1.90. The Morgan fingerprint density at radius 1 is 0.905 bits per heavy atom. The molecular weight excluding hydrogens is 262 g/mol. The Hall–Kier alpha value is -2.03. The first-order valence-corrected chi connectivity index (χ1v) is 7.77.